The molecule has 94 valence electrons. The van der Waals surface area contributed by atoms with Crippen molar-refractivity contribution in [1.29, 1.82) is 0 Å². The summed E-state index contributed by atoms with van der Waals surface area (Å²) in [6, 6.07) is 18.4. The van der Waals surface area contributed by atoms with Crippen LogP contribution in [0.2, 0.25) is 0 Å². The molecular weight excluding hydrogens is 254 g/mol. The minimum absolute atomic E-state index is 0.0176. The maximum atomic E-state index is 9.31. The van der Waals surface area contributed by atoms with Crippen molar-refractivity contribution in [3.05, 3.63) is 66.4 Å². The number of nitrogens with zero attached hydrogens (tertiary/aromatic N) is 1. The largest absolute Gasteiger partial charge is 0.392 e. The topological polar surface area (TPSA) is 33.1 Å². The second-order valence-electron chi connectivity index (χ2n) is 4.24. The van der Waals surface area contributed by atoms with Crippen LogP contribution < -0.4 is 0 Å². The number of aliphatic hydroxyl groups excluding tert-OH is 1. The average molecular weight is 267 g/mol. The highest BCUT2D eigenvalue weighted by atomic mass is 32.2. The van der Waals surface area contributed by atoms with Gasteiger partial charge in [0, 0.05) is 16.7 Å². The molecule has 0 aliphatic heterocycles. The fraction of sp³-hybridized carbons (Fsp3) is 0.0625. The summed E-state index contributed by atoms with van der Waals surface area (Å²) in [5.74, 6) is 0. The Balaban J connectivity index is 1.96. The Morgan fingerprint density at radius 1 is 0.947 bits per heavy atom. The van der Waals surface area contributed by atoms with E-state index < -0.39 is 0 Å². The van der Waals surface area contributed by atoms with Crippen LogP contribution in [-0.4, -0.2) is 10.1 Å². The van der Waals surface area contributed by atoms with Crippen LogP contribution in [0.3, 0.4) is 0 Å². The molecule has 1 heterocycles. The van der Waals surface area contributed by atoms with Gasteiger partial charge in [0.2, 0.25) is 0 Å². The molecule has 0 unspecified atom stereocenters. The summed E-state index contributed by atoms with van der Waals surface area (Å²) >= 11 is 1.58. The fourth-order valence-electron chi connectivity index (χ4n) is 1.98. The summed E-state index contributed by atoms with van der Waals surface area (Å²) in [5, 5.41) is 12.6. The molecule has 0 fully saturated rings. The zero-order valence-corrected chi connectivity index (χ0v) is 11.1. The van der Waals surface area contributed by atoms with Gasteiger partial charge < -0.3 is 5.11 Å². The molecule has 0 radical (unpaired) electrons. The second kappa shape index (κ2) is 5.43. The van der Waals surface area contributed by atoms with E-state index in [1.54, 1.807) is 18.0 Å². The maximum absolute atomic E-state index is 9.31. The molecule has 2 aromatic carbocycles. The monoisotopic (exact) mass is 267 g/mol. The number of aliphatic hydroxyl groups is 1. The van der Waals surface area contributed by atoms with Gasteiger partial charge in [0.1, 0.15) is 5.03 Å². The summed E-state index contributed by atoms with van der Waals surface area (Å²) in [4.78, 5) is 5.46. The molecule has 0 saturated carbocycles. The third-order valence-corrected chi connectivity index (χ3v) is 4.01. The van der Waals surface area contributed by atoms with Crippen LogP contribution >= 0.6 is 11.8 Å². The number of hydrogen-bond donors (Lipinski definition) is 1. The van der Waals surface area contributed by atoms with E-state index >= 15 is 0 Å². The molecule has 0 saturated heterocycles. The summed E-state index contributed by atoms with van der Waals surface area (Å²) in [6.07, 6.45) is 1.75. The molecule has 0 aliphatic rings. The Morgan fingerprint density at radius 2 is 1.79 bits per heavy atom. The quantitative estimate of drug-likeness (QED) is 0.781. The highest BCUT2D eigenvalue weighted by molar-refractivity contribution is 7.99. The van der Waals surface area contributed by atoms with E-state index in [1.807, 2.05) is 24.3 Å². The van der Waals surface area contributed by atoms with Gasteiger partial charge in [-0.2, -0.15) is 0 Å². The van der Waals surface area contributed by atoms with Gasteiger partial charge in [0.25, 0.3) is 0 Å². The summed E-state index contributed by atoms with van der Waals surface area (Å²) in [7, 11) is 0. The molecule has 3 rings (SSSR count). The molecule has 2 nitrogen and oxygen atoms in total. The normalized spacial score (nSPS) is 10.8. The molecule has 1 N–H and O–H groups in total. The van der Waals surface area contributed by atoms with Gasteiger partial charge in [-0.1, -0.05) is 48.2 Å². The highest BCUT2D eigenvalue weighted by Crippen LogP contribution is 2.30. The number of hydrogen-bond acceptors (Lipinski definition) is 3. The second-order valence-corrected chi connectivity index (χ2v) is 5.30. The maximum Gasteiger partial charge on any atom is 0.106 e. The number of aromatic nitrogens is 1. The average Bonchev–Trinajstić information content (AvgIpc) is 2.48. The van der Waals surface area contributed by atoms with Gasteiger partial charge in [-0.25, -0.2) is 4.98 Å². The van der Waals surface area contributed by atoms with Crippen LogP contribution in [0.5, 0.6) is 0 Å². The zero-order chi connectivity index (χ0) is 13.1. The van der Waals surface area contributed by atoms with Gasteiger partial charge in [0.05, 0.1) is 6.61 Å². The van der Waals surface area contributed by atoms with Gasteiger partial charge in [-0.3, -0.25) is 0 Å². The molecule has 19 heavy (non-hydrogen) atoms. The Bertz CT molecular complexity index is 712. The van der Waals surface area contributed by atoms with Gasteiger partial charge in [-0.15, -0.1) is 0 Å². The lowest BCUT2D eigenvalue weighted by atomic mass is 10.1. The molecule has 1 aromatic heterocycles. The molecule has 0 spiro atoms. The SMILES string of the molecule is OCc1cccnc1Sc1ccc2ccccc2c1. The Hall–Kier alpha value is -1.84. The standard InChI is InChI=1S/C16H13NOS/c18-11-14-6-3-9-17-16(14)19-15-8-7-12-4-1-2-5-13(12)10-15/h1-10,18H,11H2. The summed E-state index contributed by atoms with van der Waals surface area (Å²) in [6.45, 7) is 0.0176. The lowest BCUT2D eigenvalue weighted by Gasteiger charge is -2.06. The predicted molar refractivity (Wildman–Crippen MR) is 78.2 cm³/mol. The first-order valence-corrected chi connectivity index (χ1v) is 6.90. The van der Waals surface area contributed by atoms with Gasteiger partial charge in [0.15, 0.2) is 0 Å². The predicted octanol–water partition coefficient (Wildman–Crippen LogP) is 3.88. The van der Waals surface area contributed by atoms with Crippen LogP contribution in [0.4, 0.5) is 0 Å². The summed E-state index contributed by atoms with van der Waals surface area (Å²) < 4.78 is 0. The first-order valence-electron chi connectivity index (χ1n) is 6.08. The van der Waals surface area contributed by atoms with Crippen LogP contribution in [0.1, 0.15) is 5.56 Å². The Kier molecular flexibility index (Phi) is 3.49. The zero-order valence-electron chi connectivity index (χ0n) is 10.3. The highest BCUT2D eigenvalue weighted by Gasteiger charge is 2.05. The van der Waals surface area contributed by atoms with Crippen LogP contribution in [-0.2, 0) is 6.61 Å². The van der Waals surface area contributed by atoms with E-state index in [4.69, 9.17) is 0 Å². The van der Waals surface area contributed by atoms with Crippen molar-refractivity contribution in [2.45, 2.75) is 16.5 Å². The van der Waals surface area contributed by atoms with Crippen molar-refractivity contribution in [1.82, 2.24) is 4.98 Å². The van der Waals surface area contributed by atoms with Crippen LogP contribution in [0, 0.1) is 0 Å². The fourth-order valence-corrected chi connectivity index (χ4v) is 2.90. The van der Waals surface area contributed by atoms with E-state index in [2.05, 4.69) is 35.3 Å². The molecular formula is C16H13NOS. The lowest BCUT2D eigenvalue weighted by molar-refractivity contribution is 0.278. The van der Waals surface area contributed by atoms with Crippen LogP contribution in [0.15, 0.2) is 70.7 Å². The Labute approximate surface area is 116 Å². The van der Waals surface area contributed by atoms with Crippen molar-refractivity contribution in [2.24, 2.45) is 0 Å². The van der Waals surface area contributed by atoms with E-state index in [-0.39, 0.29) is 6.61 Å². The molecule has 0 bridgehead atoms. The molecule has 0 aliphatic carbocycles. The van der Waals surface area contributed by atoms with Crippen LogP contribution in [0.25, 0.3) is 10.8 Å². The third-order valence-electron chi connectivity index (χ3n) is 2.96. The number of benzene rings is 2. The van der Waals surface area contributed by atoms with Gasteiger partial charge >= 0.3 is 0 Å². The first kappa shape index (κ1) is 12.2. The molecule has 0 amide bonds. The van der Waals surface area contributed by atoms with Crippen molar-refractivity contribution >= 4 is 22.5 Å². The summed E-state index contributed by atoms with van der Waals surface area (Å²) in [5.41, 5.74) is 0.862. The van der Waals surface area contributed by atoms with Crippen molar-refractivity contribution in [2.75, 3.05) is 0 Å². The van der Waals surface area contributed by atoms with E-state index in [9.17, 15) is 5.11 Å². The molecule has 0 atom stereocenters. The van der Waals surface area contributed by atoms with E-state index in [0.29, 0.717) is 0 Å². The first-order chi connectivity index (χ1) is 9.36. The molecule has 3 heteroatoms. The van der Waals surface area contributed by atoms with Crippen molar-refractivity contribution in [3.8, 4) is 0 Å². The van der Waals surface area contributed by atoms with Crippen molar-refractivity contribution in [3.63, 3.8) is 0 Å². The minimum Gasteiger partial charge on any atom is -0.392 e. The third kappa shape index (κ3) is 2.62. The molecule has 3 aromatic rings. The van der Waals surface area contributed by atoms with E-state index in [0.717, 1.165) is 15.5 Å². The van der Waals surface area contributed by atoms with Gasteiger partial charge in [-0.05, 0) is 29.0 Å². The number of rotatable bonds is 3. The Morgan fingerprint density at radius 3 is 2.63 bits per heavy atom. The lowest BCUT2D eigenvalue weighted by Crippen LogP contribution is -1.90. The van der Waals surface area contributed by atoms with E-state index in [1.165, 1.54) is 10.8 Å². The van der Waals surface area contributed by atoms with Crippen molar-refractivity contribution < 1.29 is 5.11 Å². The number of fused-ring (bicyclic) bond motifs is 1. The smallest absolute Gasteiger partial charge is 0.106 e. The minimum atomic E-state index is 0.0176. The number of pyridine rings is 1.